The molecule has 0 radical (unpaired) electrons. The molecule has 100 valence electrons. The van der Waals surface area contributed by atoms with Crippen LogP contribution in [0.1, 0.15) is 63.4 Å². The molecule has 4 heteroatoms. The topological polar surface area (TPSA) is 37.8 Å². The van der Waals surface area contributed by atoms with Crippen LogP contribution in [0.4, 0.5) is 5.82 Å². The van der Waals surface area contributed by atoms with E-state index in [9.17, 15) is 0 Å². The molecule has 1 aliphatic carbocycles. The summed E-state index contributed by atoms with van der Waals surface area (Å²) in [4.78, 5) is 9.40. The summed E-state index contributed by atoms with van der Waals surface area (Å²) in [5, 5.41) is 3.34. The highest BCUT2D eigenvalue weighted by Crippen LogP contribution is 2.38. The minimum atomic E-state index is 0.621. The Morgan fingerprint density at radius 1 is 1.22 bits per heavy atom. The number of aromatic nitrogens is 2. The van der Waals surface area contributed by atoms with Crippen molar-refractivity contribution in [3.63, 3.8) is 0 Å². The first kappa shape index (κ1) is 13.8. The van der Waals surface area contributed by atoms with Crippen molar-refractivity contribution in [2.24, 2.45) is 0 Å². The van der Waals surface area contributed by atoms with Gasteiger partial charge in [0, 0.05) is 18.9 Å². The van der Waals surface area contributed by atoms with Gasteiger partial charge >= 0.3 is 0 Å². The zero-order valence-corrected chi connectivity index (χ0v) is 12.9. The molecule has 0 unspecified atom stereocenters. The highest BCUT2D eigenvalue weighted by atomic mass is 79.9. The Bertz CT molecular complexity index is 400. The van der Waals surface area contributed by atoms with Gasteiger partial charge in [0.15, 0.2) is 0 Å². The molecule has 3 nitrogen and oxygen atoms in total. The number of halogens is 1. The van der Waals surface area contributed by atoms with Crippen LogP contribution in [-0.2, 0) is 6.42 Å². The van der Waals surface area contributed by atoms with Crippen LogP contribution in [0.3, 0.4) is 0 Å². The Morgan fingerprint density at radius 3 is 2.56 bits per heavy atom. The Morgan fingerprint density at radius 2 is 1.94 bits per heavy atom. The van der Waals surface area contributed by atoms with E-state index in [0.717, 1.165) is 35.5 Å². The van der Waals surface area contributed by atoms with Crippen molar-refractivity contribution in [1.29, 1.82) is 0 Å². The molecule has 0 saturated heterocycles. The highest BCUT2D eigenvalue weighted by molar-refractivity contribution is 9.10. The maximum Gasteiger partial charge on any atom is 0.144 e. The van der Waals surface area contributed by atoms with Crippen LogP contribution in [0.2, 0.25) is 0 Å². The van der Waals surface area contributed by atoms with Gasteiger partial charge < -0.3 is 5.32 Å². The Hall–Kier alpha value is -0.640. The molecule has 0 aromatic carbocycles. The third-order valence-electron chi connectivity index (χ3n) is 3.48. The second kappa shape index (κ2) is 6.50. The van der Waals surface area contributed by atoms with E-state index in [1.807, 2.05) is 0 Å². The predicted molar refractivity (Wildman–Crippen MR) is 79.1 cm³/mol. The summed E-state index contributed by atoms with van der Waals surface area (Å²) in [6.45, 7) is 5.17. The molecule has 0 spiro atoms. The lowest BCUT2D eigenvalue weighted by molar-refractivity contribution is 0.675. The van der Waals surface area contributed by atoms with Crippen LogP contribution in [0.15, 0.2) is 4.47 Å². The summed E-state index contributed by atoms with van der Waals surface area (Å²) in [7, 11) is 0. The van der Waals surface area contributed by atoms with Crippen LogP contribution in [0, 0.1) is 0 Å². The summed E-state index contributed by atoms with van der Waals surface area (Å²) in [6, 6.07) is 0. The summed E-state index contributed by atoms with van der Waals surface area (Å²) < 4.78 is 1.08. The van der Waals surface area contributed by atoms with E-state index in [4.69, 9.17) is 4.98 Å². The first-order valence-electron chi connectivity index (χ1n) is 7.06. The van der Waals surface area contributed by atoms with Gasteiger partial charge in [0.25, 0.3) is 0 Å². The van der Waals surface area contributed by atoms with Crippen LogP contribution in [-0.4, -0.2) is 16.5 Å². The molecule has 2 rings (SSSR count). The lowest BCUT2D eigenvalue weighted by atomic mass is 10.0. The van der Waals surface area contributed by atoms with E-state index in [1.54, 1.807) is 0 Å². The van der Waals surface area contributed by atoms with Crippen LogP contribution in [0.5, 0.6) is 0 Å². The normalized spacial score (nSPS) is 16.2. The molecule has 1 heterocycles. The summed E-state index contributed by atoms with van der Waals surface area (Å²) in [5.74, 6) is 2.58. The SMILES string of the molecule is CCCc1nc(NCC)c(Br)c(C2CCCC2)n1. The second-order valence-electron chi connectivity index (χ2n) is 4.95. The van der Waals surface area contributed by atoms with Crippen molar-refractivity contribution in [2.45, 2.75) is 58.3 Å². The van der Waals surface area contributed by atoms with Crippen LogP contribution < -0.4 is 5.32 Å². The fourth-order valence-corrected chi connectivity index (χ4v) is 3.24. The molecule has 18 heavy (non-hydrogen) atoms. The average molecular weight is 312 g/mol. The summed E-state index contributed by atoms with van der Waals surface area (Å²) in [6.07, 6.45) is 7.27. The standard InChI is InChI=1S/C14H22BrN3/c1-3-7-11-17-13(10-8-5-6-9-10)12(15)14(18-11)16-4-2/h10H,3-9H2,1-2H3,(H,16,17,18). The van der Waals surface area contributed by atoms with Crippen LogP contribution in [0.25, 0.3) is 0 Å². The van der Waals surface area contributed by atoms with Gasteiger partial charge in [0.2, 0.25) is 0 Å². The van der Waals surface area contributed by atoms with Crippen molar-refractivity contribution in [1.82, 2.24) is 9.97 Å². The fourth-order valence-electron chi connectivity index (χ4n) is 2.60. The molecular weight excluding hydrogens is 290 g/mol. The van der Waals surface area contributed by atoms with Crippen LogP contribution >= 0.6 is 15.9 Å². The first-order valence-corrected chi connectivity index (χ1v) is 7.85. The predicted octanol–water partition coefficient (Wildman–Crippen LogP) is 4.28. The van der Waals surface area contributed by atoms with Crippen molar-refractivity contribution in [3.8, 4) is 0 Å². The smallest absolute Gasteiger partial charge is 0.144 e. The zero-order valence-electron chi connectivity index (χ0n) is 11.3. The first-order chi connectivity index (χ1) is 8.76. The molecule has 1 aromatic heterocycles. The number of hydrogen-bond acceptors (Lipinski definition) is 3. The monoisotopic (exact) mass is 311 g/mol. The van der Waals surface area contributed by atoms with Gasteiger partial charge in [-0.15, -0.1) is 0 Å². The molecule has 1 aromatic rings. The lowest BCUT2D eigenvalue weighted by Gasteiger charge is -2.16. The Kier molecular flexibility index (Phi) is 4.98. The van der Waals surface area contributed by atoms with E-state index in [2.05, 4.69) is 40.1 Å². The van der Waals surface area contributed by atoms with Gasteiger partial charge in [-0.05, 0) is 42.1 Å². The third kappa shape index (κ3) is 3.02. The largest absolute Gasteiger partial charge is 0.369 e. The molecule has 0 bridgehead atoms. The summed E-state index contributed by atoms with van der Waals surface area (Å²) in [5.41, 5.74) is 1.22. The number of hydrogen-bond donors (Lipinski definition) is 1. The third-order valence-corrected chi connectivity index (χ3v) is 4.26. The van der Waals surface area contributed by atoms with E-state index >= 15 is 0 Å². The van der Waals surface area contributed by atoms with Gasteiger partial charge in [-0.25, -0.2) is 9.97 Å². The van der Waals surface area contributed by atoms with E-state index in [1.165, 1.54) is 31.4 Å². The van der Waals surface area contributed by atoms with Crippen molar-refractivity contribution < 1.29 is 0 Å². The maximum absolute atomic E-state index is 4.79. The minimum Gasteiger partial charge on any atom is -0.369 e. The molecule has 1 saturated carbocycles. The average Bonchev–Trinajstić information content (AvgIpc) is 2.87. The molecular formula is C14H22BrN3. The zero-order chi connectivity index (χ0) is 13.0. The molecule has 0 atom stereocenters. The molecule has 1 aliphatic rings. The van der Waals surface area contributed by atoms with Gasteiger partial charge in [0.1, 0.15) is 11.6 Å². The number of nitrogens with one attached hydrogen (secondary N) is 1. The van der Waals surface area contributed by atoms with Crippen molar-refractivity contribution in [3.05, 3.63) is 16.0 Å². The fraction of sp³-hybridized carbons (Fsp3) is 0.714. The molecule has 1 fully saturated rings. The Labute approximate surface area is 118 Å². The lowest BCUT2D eigenvalue weighted by Crippen LogP contribution is -2.10. The van der Waals surface area contributed by atoms with E-state index in [-0.39, 0.29) is 0 Å². The number of nitrogens with zero attached hydrogens (tertiary/aromatic N) is 2. The highest BCUT2D eigenvalue weighted by Gasteiger charge is 2.23. The molecule has 0 amide bonds. The van der Waals surface area contributed by atoms with Crippen molar-refractivity contribution in [2.75, 3.05) is 11.9 Å². The number of anilines is 1. The second-order valence-corrected chi connectivity index (χ2v) is 5.74. The van der Waals surface area contributed by atoms with Crippen molar-refractivity contribution >= 4 is 21.7 Å². The Balaban J connectivity index is 2.35. The summed E-state index contributed by atoms with van der Waals surface area (Å²) >= 11 is 3.69. The number of aryl methyl sites for hydroxylation is 1. The van der Waals surface area contributed by atoms with Gasteiger partial charge in [-0.1, -0.05) is 19.8 Å². The van der Waals surface area contributed by atoms with E-state index < -0.39 is 0 Å². The van der Waals surface area contributed by atoms with Gasteiger partial charge in [0.05, 0.1) is 10.2 Å². The molecule has 0 aliphatic heterocycles. The minimum absolute atomic E-state index is 0.621. The number of rotatable bonds is 5. The maximum atomic E-state index is 4.79. The quantitative estimate of drug-likeness (QED) is 0.882. The molecule has 1 N–H and O–H groups in total. The van der Waals surface area contributed by atoms with Gasteiger partial charge in [-0.2, -0.15) is 0 Å². The van der Waals surface area contributed by atoms with Gasteiger partial charge in [-0.3, -0.25) is 0 Å². The van der Waals surface area contributed by atoms with E-state index in [0.29, 0.717) is 5.92 Å².